The third-order valence-corrected chi connectivity index (χ3v) is 2.69. The van der Waals surface area contributed by atoms with Crippen LogP contribution < -0.4 is 15.9 Å². The van der Waals surface area contributed by atoms with Gasteiger partial charge in [0.25, 0.3) is 11.7 Å². The van der Waals surface area contributed by atoms with Gasteiger partial charge in [0.2, 0.25) is 6.20 Å². The summed E-state index contributed by atoms with van der Waals surface area (Å²) in [5, 5.41) is 11.5. The zero-order valence-electron chi connectivity index (χ0n) is 7.73. The molecule has 15 heavy (non-hydrogen) atoms. The van der Waals surface area contributed by atoms with E-state index in [1.807, 2.05) is 17.5 Å². The highest BCUT2D eigenvalue weighted by Gasteiger charge is 2.17. The van der Waals surface area contributed by atoms with E-state index in [0.717, 1.165) is 4.88 Å². The summed E-state index contributed by atoms with van der Waals surface area (Å²) < 4.78 is 0. The summed E-state index contributed by atoms with van der Waals surface area (Å²) in [4.78, 5) is 12.5. The predicted octanol–water partition coefficient (Wildman–Crippen LogP) is 0.983. The Morgan fingerprint density at radius 1 is 1.67 bits per heavy atom. The second-order valence-electron chi connectivity index (χ2n) is 2.78. The molecule has 1 aliphatic heterocycles. The molecule has 0 unspecified atom stereocenters. The summed E-state index contributed by atoms with van der Waals surface area (Å²) in [6.07, 6.45) is 1.43. The van der Waals surface area contributed by atoms with Crippen LogP contribution in [0, 0.1) is 0 Å². The van der Waals surface area contributed by atoms with Gasteiger partial charge in [-0.25, -0.2) is 0 Å². The molecule has 5 nitrogen and oxygen atoms in total. The molecule has 1 amide bonds. The van der Waals surface area contributed by atoms with Crippen LogP contribution in [-0.4, -0.2) is 5.91 Å². The molecule has 75 valence electrons. The van der Waals surface area contributed by atoms with E-state index in [0.29, 0.717) is 11.4 Å². The molecular weight excluding hydrogens is 212 g/mol. The van der Waals surface area contributed by atoms with Gasteiger partial charge < -0.3 is 0 Å². The molecule has 0 aromatic carbocycles. The minimum atomic E-state index is -0.261. The summed E-state index contributed by atoms with van der Waals surface area (Å²) in [7, 11) is 0. The van der Waals surface area contributed by atoms with Crippen LogP contribution in [0.3, 0.4) is 0 Å². The van der Waals surface area contributed by atoms with E-state index >= 15 is 0 Å². The lowest BCUT2D eigenvalue weighted by atomic mass is 10.2. The molecule has 1 aromatic rings. The third-order valence-electron chi connectivity index (χ3n) is 1.76. The number of thiophene rings is 1. The van der Waals surface area contributed by atoms with E-state index in [1.54, 1.807) is 0 Å². The van der Waals surface area contributed by atoms with Gasteiger partial charge in [-0.2, -0.15) is 0 Å². The number of hydrogen-bond acceptors (Lipinski definition) is 5. The van der Waals surface area contributed by atoms with Gasteiger partial charge in [-0.15, -0.1) is 16.8 Å². The highest BCUT2D eigenvalue weighted by Crippen LogP contribution is 2.18. The smallest absolute Gasteiger partial charge is 0.267 e. The van der Waals surface area contributed by atoms with Crippen LogP contribution in [0.4, 0.5) is 0 Å². The number of carbonyl (C=O) groups is 1. The maximum absolute atomic E-state index is 11.6. The van der Waals surface area contributed by atoms with Crippen LogP contribution in [0.5, 0.6) is 0 Å². The number of carbonyl (C=O) groups excluding carboxylic acids is 1. The molecule has 1 aromatic heterocycles. The lowest BCUT2D eigenvalue weighted by molar-refractivity contribution is -0.115. The van der Waals surface area contributed by atoms with Gasteiger partial charge in [-0.05, 0) is 11.4 Å². The monoisotopic (exact) mass is 220 g/mol. The highest BCUT2D eigenvalue weighted by molar-refractivity contribution is 7.11. The Bertz CT molecular complexity index is 447. The normalized spacial score (nSPS) is 13.2. The van der Waals surface area contributed by atoms with Crippen LogP contribution in [0.25, 0.3) is 5.57 Å². The van der Waals surface area contributed by atoms with Crippen molar-refractivity contribution < 1.29 is 4.79 Å². The molecule has 1 radical (unpaired) electrons. The fourth-order valence-electron chi connectivity index (χ4n) is 1.02. The fourth-order valence-corrected chi connectivity index (χ4v) is 1.71. The molecule has 2 heterocycles. The van der Waals surface area contributed by atoms with E-state index in [2.05, 4.69) is 27.7 Å². The van der Waals surface area contributed by atoms with Crippen LogP contribution >= 0.6 is 11.3 Å². The molecule has 6 heteroatoms. The Morgan fingerprint density at radius 3 is 3.13 bits per heavy atom. The van der Waals surface area contributed by atoms with Crippen molar-refractivity contribution in [3.63, 3.8) is 0 Å². The van der Waals surface area contributed by atoms with Crippen molar-refractivity contribution in [2.75, 3.05) is 0 Å². The van der Waals surface area contributed by atoms with Crippen molar-refractivity contribution in [2.45, 2.75) is 0 Å². The van der Waals surface area contributed by atoms with Gasteiger partial charge in [0.1, 0.15) is 5.22 Å². The van der Waals surface area contributed by atoms with E-state index in [-0.39, 0.29) is 5.91 Å². The zero-order chi connectivity index (χ0) is 10.7. The molecular formula is C9H8N4OS+. The van der Waals surface area contributed by atoms with Crippen molar-refractivity contribution in [1.82, 2.24) is 15.9 Å². The summed E-state index contributed by atoms with van der Waals surface area (Å²) in [6, 6.07) is 3.72. The van der Waals surface area contributed by atoms with Crippen LogP contribution in [-0.2, 0) is 4.79 Å². The first-order valence-electron chi connectivity index (χ1n) is 4.17. The molecule has 1 aliphatic rings. The molecule has 0 fully saturated rings. The van der Waals surface area contributed by atoms with Gasteiger partial charge in [-0.3, -0.25) is 10.1 Å². The first-order valence-corrected chi connectivity index (χ1v) is 5.05. The molecule has 0 saturated carbocycles. The van der Waals surface area contributed by atoms with Crippen LogP contribution in [0.1, 0.15) is 4.88 Å². The summed E-state index contributed by atoms with van der Waals surface area (Å²) >= 11 is 1.47. The molecule has 0 spiro atoms. The van der Waals surface area contributed by atoms with Gasteiger partial charge in [0, 0.05) is 10.5 Å². The minimum Gasteiger partial charge on any atom is -0.284 e. The SMILES string of the molecule is C=C(C(=O)NC1=C[N+]=NN1)c1cccs1. The maximum Gasteiger partial charge on any atom is 0.267 e. The standard InChI is InChI=1S/C9H8N4OS/c1-6(7-3-2-4-15-7)9(14)11-8-5-10-13-12-8/h2-5H,1H2,(H2,11,12,13,14)/q+1. The second-order valence-corrected chi connectivity index (χ2v) is 3.73. The zero-order valence-corrected chi connectivity index (χ0v) is 8.54. The summed E-state index contributed by atoms with van der Waals surface area (Å²) in [5.41, 5.74) is 2.97. The maximum atomic E-state index is 11.6. The number of nitrogens with one attached hydrogen (secondary N) is 2. The lowest BCUT2D eigenvalue weighted by Crippen LogP contribution is -2.27. The average molecular weight is 220 g/mol. The van der Waals surface area contributed by atoms with Crippen molar-refractivity contribution in [1.29, 1.82) is 0 Å². The Hall–Kier alpha value is -1.95. The van der Waals surface area contributed by atoms with E-state index in [4.69, 9.17) is 0 Å². The minimum absolute atomic E-state index is 0.261. The molecule has 2 N–H and O–H groups in total. The first-order chi connectivity index (χ1) is 7.27. The molecule has 0 atom stereocenters. The second kappa shape index (κ2) is 4.05. The summed E-state index contributed by atoms with van der Waals surface area (Å²) in [5.74, 6) is 0.196. The third kappa shape index (κ3) is 2.10. The van der Waals surface area contributed by atoms with Crippen molar-refractivity contribution in [3.05, 3.63) is 41.0 Å². The van der Waals surface area contributed by atoms with Crippen LogP contribution in [0.15, 0.2) is 41.3 Å². The van der Waals surface area contributed by atoms with E-state index in [9.17, 15) is 4.79 Å². The molecule has 0 saturated heterocycles. The number of amides is 1. The first kappa shape index (κ1) is 9.60. The van der Waals surface area contributed by atoms with Crippen LogP contribution in [0.2, 0.25) is 0 Å². The van der Waals surface area contributed by atoms with Gasteiger partial charge in [-0.1, -0.05) is 12.6 Å². The number of hydrogen-bond donors (Lipinski definition) is 2. The van der Waals surface area contributed by atoms with Crippen molar-refractivity contribution >= 4 is 22.8 Å². The largest absolute Gasteiger partial charge is 0.284 e. The molecule has 2 rings (SSSR count). The topological polar surface area (TPSA) is 67.6 Å². The Balaban J connectivity index is 2.00. The molecule has 0 aliphatic carbocycles. The lowest BCUT2D eigenvalue weighted by Gasteiger charge is -2.02. The van der Waals surface area contributed by atoms with Crippen molar-refractivity contribution in [2.24, 2.45) is 5.22 Å². The Kier molecular flexibility index (Phi) is 2.59. The Morgan fingerprint density at radius 2 is 2.53 bits per heavy atom. The quantitative estimate of drug-likeness (QED) is 0.746. The van der Waals surface area contributed by atoms with E-state index in [1.165, 1.54) is 17.5 Å². The van der Waals surface area contributed by atoms with Crippen molar-refractivity contribution in [3.8, 4) is 0 Å². The fraction of sp³-hybridized carbons (Fsp3) is 0. The molecule has 0 bridgehead atoms. The van der Waals surface area contributed by atoms with Gasteiger partial charge in [0.05, 0.1) is 5.11 Å². The highest BCUT2D eigenvalue weighted by atomic mass is 32.1. The van der Waals surface area contributed by atoms with Gasteiger partial charge >= 0.3 is 0 Å². The number of rotatable bonds is 3. The summed E-state index contributed by atoms with van der Waals surface area (Å²) in [6.45, 7) is 3.72. The Labute approximate surface area is 90.2 Å². The average Bonchev–Trinajstić information content (AvgIpc) is 2.88. The predicted molar refractivity (Wildman–Crippen MR) is 57.3 cm³/mol. The van der Waals surface area contributed by atoms with E-state index < -0.39 is 0 Å². The van der Waals surface area contributed by atoms with Gasteiger partial charge in [0.15, 0.2) is 0 Å². The number of nitrogens with zero attached hydrogens (tertiary/aromatic N) is 2.